The van der Waals surface area contributed by atoms with E-state index in [1.165, 1.54) is 33.0 Å². The molecule has 0 atom stereocenters. The molecular formula is C45H35N3O. The van der Waals surface area contributed by atoms with E-state index in [1.807, 2.05) is 54.6 Å². The monoisotopic (exact) mass is 633 g/mol. The van der Waals surface area contributed by atoms with Crippen LogP contribution in [-0.4, -0.2) is 14.5 Å². The van der Waals surface area contributed by atoms with Crippen LogP contribution in [0.3, 0.4) is 0 Å². The third-order valence-corrected chi connectivity index (χ3v) is 9.23. The van der Waals surface area contributed by atoms with Crippen LogP contribution in [-0.2, 0) is 0 Å². The van der Waals surface area contributed by atoms with Crippen molar-refractivity contribution in [3.8, 4) is 28.3 Å². The number of hydrogen-bond acceptors (Lipinski definition) is 3. The highest BCUT2D eigenvalue weighted by atomic mass is 16.3. The SMILES string of the molecule is C=CC=C(C)c1ccc2c(c1)c1cc(C(C=CC)=CC)ccc1n2-c1ccc(-c2nc(-c3ccccc3)nc3c2oc2ccccc23)cc1. The van der Waals surface area contributed by atoms with Crippen LogP contribution in [0.2, 0.25) is 0 Å². The van der Waals surface area contributed by atoms with E-state index >= 15 is 0 Å². The summed E-state index contributed by atoms with van der Waals surface area (Å²) in [5.74, 6) is 0.673. The Balaban J connectivity index is 1.32. The Hall–Kier alpha value is -6.26. The van der Waals surface area contributed by atoms with Crippen LogP contribution in [0.4, 0.5) is 0 Å². The van der Waals surface area contributed by atoms with Gasteiger partial charge in [0.05, 0.1) is 11.0 Å². The van der Waals surface area contributed by atoms with Crippen molar-refractivity contribution in [2.45, 2.75) is 20.8 Å². The van der Waals surface area contributed by atoms with Gasteiger partial charge in [-0.3, -0.25) is 0 Å². The zero-order valence-corrected chi connectivity index (χ0v) is 27.8. The molecule has 0 N–H and O–H groups in total. The minimum atomic E-state index is 0.673. The number of rotatable bonds is 7. The molecule has 8 rings (SSSR count). The summed E-state index contributed by atoms with van der Waals surface area (Å²) in [6, 6.07) is 40.3. The number of hydrogen-bond donors (Lipinski definition) is 0. The van der Waals surface area contributed by atoms with Gasteiger partial charge in [0.15, 0.2) is 11.4 Å². The molecule has 49 heavy (non-hydrogen) atoms. The second-order valence-corrected chi connectivity index (χ2v) is 12.2. The van der Waals surface area contributed by atoms with Gasteiger partial charge in [-0.2, -0.15) is 0 Å². The molecule has 5 aromatic carbocycles. The highest BCUT2D eigenvalue weighted by Gasteiger charge is 2.19. The Bertz CT molecular complexity index is 2630. The quantitative estimate of drug-likeness (QED) is 0.164. The van der Waals surface area contributed by atoms with E-state index < -0.39 is 0 Å². The normalized spacial score (nSPS) is 12.6. The molecule has 236 valence electrons. The molecule has 3 heterocycles. The van der Waals surface area contributed by atoms with Gasteiger partial charge in [0.2, 0.25) is 0 Å². The Labute approximate surface area is 285 Å². The van der Waals surface area contributed by atoms with Crippen LogP contribution in [0.25, 0.3) is 83.4 Å². The molecule has 0 unspecified atom stereocenters. The summed E-state index contributed by atoms with van der Waals surface area (Å²) in [6.07, 6.45) is 10.3. The van der Waals surface area contributed by atoms with E-state index in [1.54, 1.807) is 0 Å². The lowest BCUT2D eigenvalue weighted by Crippen LogP contribution is -1.96. The first-order chi connectivity index (χ1) is 24.1. The van der Waals surface area contributed by atoms with Gasteiger partial charge in [-0.05, 0) is 91.6 Å². The summed E-state index contributed by atoms with van der Waals surface area (Å²) < 4.78 is 8.75. The van der Waals surface area contributed by atoms with Gasteiger partial charge in [0, 0.05) is 33.0 Å². The van der Waals surface area contributed by atoms with Crippen molar-refractivity contribution in [1.82, 2.24) is 14.5 Å². The second kappa shape index (κ2) is 12.4. The fraction of sp³-hybridized carbons (Fsp3) is 0.0667. The molecule has 0 spiro atoms. The van der Waals surface area contributed by atoms with Gasteiger partial charge in [-0.25, -0.2) is 9.97 Å². The smallest absolute Gasteiger partial charge is 0.180 e. The fourth-order valence-electron chi connectivity index (χ4n) is 6.81. The minimum absolute atomic E-state index is 0.673. The molecule has 4 nitrogen and oxygen atoms in total. The number of aromatic nitrogens is 3. The van der Waals surface area contributed by atoms with Gasteiger partial charge in [0.25, 0.3) is 0 Å². The van der Waals surface area contributed by atoms with Crippen molar-refractivity contribution in [2.75, 3.05) is 0 Å². The molecule has 0 aliphatic heterocycles. The maximum Gasteiger partial charge on any atom is 0.180 e. The number of furan rings is 1. The van der Waals surface area contributed by atoms with Crippen molar-refractivity contribution >= 4 is 55.0 Å². The van der Waals surface area contributed by atoms with Gasteiger partial charge < -0.3 is 8.98 Å². The molecule has 0 radical (unpaired) electrons. The van der Waals surface area contributed by atoms with Gasteiger partial charge in [-0.15, -0.1) is 0 Å². The van der Waals surface area contributed by atoms with Crippen LogP contribution in [0, 0.1) is 0 Å². The van der Waals surface area contributed by atoms with Gasteiger partial charge in [0.1, 0.15) is 16.8 Å². The van der Waals surface area contributed by atoms with E-state index in [0.717, 1.165) is 50.0 Å². The average molecular weight is 634 g/mol. The summed E-state index contributed by atoms with van der Waals surface area (Å²) in [6.45, 7) is 10.2. The number of nitrogens with zero attached hydrogens (tertiary/aromatic N) is 3. The summed E-state index contributed by atoms with van der Waals surface area (Å²) in [4.78, 5) is 10.1. The van der Waals surface area contributed by atoms with Crippen molar-refractivity contribution in [2.24, 2.45) is 0 Å². The van der Waals surface area contributed by atoms with Crippen LogP contribution < -0.4 is 0 Å². The maximum atomic E-state index is 6.40. The molecule has 8 aromatic rings. The Morgan fingerprint density at radius 1 is 0.714 bits per heavy atom. The maximum absolute atomic E-state index is 6.40. The largest absolute Gasteiger partial charge is 0.452 e. The first-order valence-corrected chi connectivity index (χ1v) is 16.6. The molecule has 0 bridgehead atoms. The summed E-state index contributed by atoms with van der Waals surface area (Å²) >= 11 is 0. The molecule has 0 fully saturated rings. The Kier molecular flexibility index (Phi) is 7.62. The highest BCUT2D eigenvalue weighted by molar-refractivity contribution is 6.11. The zero-order chi connectivity index (χ0) is 33.5. The van der Waals surface area contributed by atoms with Crippen LogP contribution >= 0.6 is 0 Å². The lowest BCUT2D eigenvalue weighted by atomic mass is 10.0. The van der Waals surface area contributed by atoms with Crippen LogP contribution in [0.5, 0.6) is 0 Å². The summed E-state index contributed by atoms with van der Waals surface area (Å²) in [5.41, 5.74) is 13.1. The molecule has 4 heteroatoms. The molecular weight excluding hydrogens is 599 g/mol. The Morgan fingerprint density at radius 3 is 2.12 bits per heavy atom. The van der Waals surface area contributed by atoms with Crippen molar-refractivity contribution in [3.05, 3.63) is 163 Å². The third kappa shape index (κ3) is 5.19. The molecule has 0 aliphatic rings. The van der Waals surface area contributed by atoms with E-state index in [2.05, 4.69) is 123 Å². The topological polar surface area (TPSA) is 43.9 Å². The number of benzene rings is 5. The lowest BCUT2D eigenvalue weighted by Gasteiger charge is -2.11. The van der Waals surface area contributed by atoms with Crippen LogP contribution in [0.1, 0.15) is 31.9 Å². The molecule has 0 saturated heterocycles. The lowest BCUT2D eigenvalue weighted by molar-refractivity contribution is 0.667. The van der Waals surface area contributed by atoms with E-state index in [-0.39, 0.29) is 0 Å². The first-order valence-electron chi connectivity index (χ1n) is 16.6. The zero-order valence-electron chi connectivity index (χ0n) is 27.8. The third-order valence-electron chi connectivity index (χ3n) is 9.23. The molecule has 3 aromatic heterocycles. The first kappa shape index (κ1) is 30.1. The van der Waals surface area contributed by atoms with E-state index in [9.17, 15) is 0 Å². The standard InChI is InChI=1S/C45H35N3O/c1-5-13-29(4)33-21-25-39-37(27-33)38-28-34(30(7-3)14-6-2)22-26-40(38)48(39)35-23-19-31(20-24-35)42-44-43(36-17-11-12-18-41(36)49-44)47-45(46-42)32-15-9-8-10-16-32/h5-28H,1H2,2-4H3. The second-order valence-electron chi connectivity index (χ2n) is 12.2. The highest BCUT2D eigenvalue weighted by Crippen LogP contribution is 2.38. The number of fused-ring (bicyclic) bond motifs is 6. The fourth-order valence-corrected chi connectivity index (χ4v) is 6.81. The minimum Gasteiger partial charge on any atom is -0.452 e. The summed E-state index contributed by atoms with van der Waals surface area (Å²) in [5, 5.41) is 3.40. The number of allylic oxidation sites excluding steroid dienone is 7. The van der Waals surface area contributed by atoms with E-state index in [0.29, 0.717) is 11.4 Å². The Morgan fingerprint density at radius 2 is 1.41 bits per heavy atom. The molecule has 0 saturated carbocycles. The van der Waals surface area contributed by atoms with Gasteiger partial charge >= 0.3 is 0 Å². The van der Waals surface area contributed by atoms with Crippen molar-refractivity contribution < 1.29 is 4.42 Å². The number of para-hydroxylation sites is 1. The predicted molar refractivity (Wildman–Crippen MR) is 207 cm³/mol. The summed E-state index contributed by atoms with van der Waals surface area (Å²) in [7, 11) is 0. The van der Waals surface area contributed by atoms with Crippen LogP contribution in [0.15, 0.2) is 157 Å². The van der Waals surface area contributed by atoms with Crippen molar-refractivity contribution in [3.63, 3.8) is 0 Å². The van der Waals surface area contributed by atoms with Crippen molar-refractivity contribution in [1.29, 1.82) is 0 Å². The van der Waals surface area contributed by atoms with Gasteiger partial charge in [-0.1, -0.05) is 104 Å². The molecule has 0 amide bonds. The molecule has 0 aliphatic carbocycles. The van der Waals surface area contributed by atoms with E-state index in [4.69, 9.17) is 14.4 Å². The average Bonchev–Trinajstić information content (AvgIpc) is 3.69. The predicted octanol–water partition coefficient (Wildman–Crippen LogP) is 12.4.